The Morgan fingerprint density at radius 3 is 2.53 bits per heavy atom. The predicted octanol–water partition coefficient (Wildman–Crippen LogP) is 0.527. The van der Waals surface area contributed by atoms with Gasteiger partial charge in [0.2, 0.25) is 0 Å². The van der Waals surface area contributed by atoms with Crippen LogP contribution in [-0.2, 0) is 6.42 Å². The maximum atomic E-state index is 9.23. The molecular formula is C12H20N2O. The molecule has 1 rings (SSSR count). The largest absolute Gasteiger partial charge is 0.395 e. The monoisotopic (exact) mass is 208 g/mol. The van der Waals surface area contributed by atoms with Crippen LogP contribution in [-0.4, -0.2) is 30.3 Å². The summed E-state index contributed by atoms with van der Waals surface area (Å²) in [7, 11) is 0. The Hall–Kier alpha value is -0.900. The summed E-state index contributed by atoms with van der Waals surface area (Å²) in [4.78, 5) is 0. The highest BCUT2D eigenvalue weighted by Crippen LogP contribution is 2.03. The normalized spacial score (nSPS) is 14.9. The van der Waals surface area contributed by atoms with Crippen LogP contribution in [0.5, 0.6) is 0 Å². The number of rotatable bonds is 6. The number of nitrogens with two attached hydrogens (primary N) is 1. The van der Waals surface area contributed by atoms with E-state index < -0.39 is 0 Å². The zero-order valence-electron chi connectivity index (χ0n) is 9.19. The molecule has 0 radical (unpaired) electrons. The van der Waals surface area contributed by atoms with Crippen LogP contribution in [0.3, 0.4) is 0 Å². The summed E-state index contributed by atoms with van der Waals surface area (Å²) in [5.41, 5.74) is 6.75. The lowest BCUT2D eigenvalue weighted by Gasteiger charge is -2.20. The molecule has 0 saturated heterocycles. The molecule has 0 aliphatic heterocycles. The van der Waals surface area contributed by atoms with E-state index >= 15 is 0 Å². The first-order valence-electron chi connectivity index (χ1n) is 5.37. The van der Waals surface area contributed by atoms with Gasteiger partial charge in [0.05, 0.1) is 6.61 Å². The van der Waals surface area contributed by atoms with Crippen LogP contribution in [0.1, 0.15) is 12.5 Å². The Kier molecular flexibility index (Phi) is 5.32. The molecular weight excluding hydrogens is 188 g/mol. The van der Waals surface area contributed by atoms with Gasteiger partial charge < -0.3 is 16.2 Å². The maximum Gasteiger partial charge on any atom is 0.0587 e. The lowest BCUT2D eigenvalue weighted by molar-refractivity contribution is 0.233. The molecule has 1 aromatic carbocycles. The SMILES string of the molecule is CC(CN)NC(CO)Cc1ccccc1. The standard InChI is InChI=1S/C12H20N2O/c1-10(8-13)14-12(9-15)7-11-5-3-2-4-6-11/h2-6,10,12,14-15H,7-9,13H2,1H3. The van der Waals surface area contributed by atoms with Gasteiger partial charge in [0.15, 0.2) is 0 Å². The van der Waals surface area contributed by atoms with Gasteiger partial charge in [0, 0.05) is 18.6 Å². The number of aliphatic hydroxyl groups excluding tert-OH is 1. The first kappa shape index (κ1) is 12.2. The van der Waals surface area contributed by atoms with Crippen molar-refractivity contribution in [1.82, 2.24) is 5.32 Å². The van der Waals surface area contributed by atoms with E-state index in [2.05, 4.69) is 17.4 Å². The fourth-order valence-corrected chi connectivity index (χ4v) is 1.55. The molecule has 0 fully saturated rings. The molecule has 0 aliphatic rings. The second-order valence-corrected chi connectivity index (χ2v) is 3.87. The highest BCUT2D eigenvalue weighted by atomic mass is 16.3. The Balaban J connectivity index is 2.47. The average molecular weight is 208 g/mol. The molecule has 84 valence electrons. The first-order chi connectivity index (χ1) is 7.26. The van der Waals surface area contributed by atoms with Crippen molar-refractivity contribution in [2.45, 2.75) is 25.4 Å². The van der Waals surface area contributed by atoms with Crippen LogP contribution < -0.4 is 11.1 Å². The van der Waals surface area contributed by atoms with Gasteiger partial charge in [0.25, 0.3) is 0 Å². The molecule has 0 spiro atoms. The molecule has 0 heterocycles. The predicted molar refractivity (Wildman–Crippen MR) is 62.7 cm³/mol. The molecule has 0 aromatic heterocycles. The van der Waals surface area contributed by atoms with E-state index in [0.717, 1.165) is 6.42 Å². The topological polar surface area (TPSA) is 58.3 Å². The van der Waals surface area contributed by atoms with Gasteiger partial charge in [-0.3, -0.25) is 0 Å². The van der Waals surface area contributed by atoms with Crippen molar-refractivity contribution in [2.75, 3.05) is 13.2 Å². The summed E-state index contributed by atoms with van der Waals surface area (Å²) in [6.45, 7) is 2.75. The van der Waals surface area contributed by atoms with E-state index in [1.54, 1.807) is 0 Å². The Bertz CT molecular complexity index is 264. The molecule has 3 nitrogen and oxygen atoms in total. The molecule has 0 amide bonds. The highest BCUT2D eigenvalue weighted by molar-refractivity contribution is 5.15. The molecule has 0 aliphatic carbocycles. The Labute approximate surface area is 91.3 Å². The minimum atomic E-state index is 0.0888. The van der Waals surface area contributed by atoms with Crippen molar-refractivity contribution in [3.8, 4) is 0 Å². The number of benzene rings is 1. The van der Waals surface area contributed by atoms with Crippen LogP contribution in [0.25, 0.3) is 0 Å². The molecule has 2 atom stereocenters. The lowest BCUT2D eigenvalue weighted by Crippen LogP contribution is -2.43. The molecule has 15 heavy (non-hydrogen) atoms. The number of aliphatic hydroxyl groups is 1. The third kappa shape index (κ3) is 4.42. The minimum Gasteiger partial charge on any atom is -0.395 e. The zero-order valence-corrected chi connectivity index (χ0v) is 9.19. The third-order valence-corrected chi connectivity index (χ3v) is 2.42. The fourth-order valence-electron chi connectivity index (χ4n) is 1.55. The van der Waals surface area contributed by atoms with Gasteiger partial charge in [-0.2, -0.15) is 0 Å². The van der Waals surface area contributed by atoms with Gasteiger partial charge in [-0.1, -0.05) is 30.3 Å². The van der Waals surface area contributed by atoms with Crippen LogP contribution >= 0.6 is 0 Å². The lowest BCUT2D eigenvalue weighted by atomic mass is 10.1. The van der Waals surface area contributed by atoms with Crippen molar-refractivity contribution >= 4 is 0 Å². The van der Waals surface area contributed by atoms with Crippen LogP contribution in [0.15, 0.2) is 30.3 Å². The second-order valence-electron chi connectivity index (χ2n) is 3.87. The van der Waals surface area contributed by atoms with Crippen LogP contribution in [0.4, 0.5) is 0 Å². The van der Waals surface area contributed by atoms with E-state index in [9.17, 15) is 5.11 Å². The number of nitrogens with one attached hydrogen (secondary N) is 1. The first-order valence-corrected chi connectivity index (χ1v) is 5.37. The molecule has 3 heteroatoms. The van der Waals surface area contributed by atoms with Crippen molar-refractivity contribution in [3.05, 3.63) is 35.9 Å². The fraction of sp³-hybridized carbons (Fsp3) is 0.500. The van der Waals surface area contributed by atoms with Crippen molar-refractivity contribution in [2.24, 2.45) is 5.73 Å². The van der Waals surface area contributed by atoms with E-state index in [1.807, 2.05) is 25.1 Å². The second kappa shape index (κ2) is 6.56. The summed E-state index contributed by atoms with van der Waals surface area (Å²) in [5.74, 6) is 0. The van der Waals surface area contributed by atoms with Crippen molar-refractivity contribution in [3.63, 3.8) is 0 Å². The molecule has 4 N–H and O–H groups in total. The quantitative estimate of drug-likeness (QED) is 0.639. The van der Waals surface area contributed by atoms with Crippen molar-refractivity contribution in [1.29, 1.82) is 0 Å². The Morgan fingerprint density at radius 2 is 2.00 bits per heavy atom. The van der Waals surface area contributed by atoms with Crippen molar-refractivity contribution < 1.29 is 5.11 Å². The minimum absolute atomic E-state index is 0.0888. The summed E-state index contributed by atoms with van der Waals surface area (Å²) >= 11 is 0. The van der Waals surface area contributed by atoms with E-state index in [-0.39, 0.29) is 18.7 Å². The molecule has 1 aromatic rings. The van der Waals surface area contributed by atoms with E-state index in [4.69, 9.17) is 5.73 Å². The molecule has 2 unspecified atom stereocenters. The van der Waals surface area contributed by atoms with Gasteiger partial charge in [-0.15, -0.1) is 0 Å². The van der Waals surface area contributed by atoms with Gasteiger partial charge in [-0.25, -0.2) is 0 Å². The Morgan fingerprint density at radius 1 is 1.33 bits per heavy atom. The summed E-state index contributed by atoms with van der Waals surface area (Å²) in [6, 6.07) is 10.5. The van der Waals surface area contributed by atoms with Gasteiger partial charge in [-0.05, 0) is 18.9 Å². The molecule has 0 bridgehead atoms. The smallest absolute Gasteiger partial charge is 0.0587 e. The summed E-state index contributed by atoms with van der Waals surface area (Å²) in [6.07, 6.45) is 0.835. The highest BCUT2D eigenvalue weighted by Gasteiger charge is 2.10. The van der Waals surface area contributed by atoms with Crippen LogP contribution in [0, 0.1) is 0 Å². The summed E-state index contributed by atoms with van der Waals surface area (Å²) < 4.78 is 0. The zero-order chi connectivity index (χ0) is 11.1. The van der Waals surface area contributed by atoms with Gasteiger partial charge >= 0.3 is 0 Å². The maximum absolute atomic E-state index is 9.23. The van der Waals surface area contributed by atoms with Crippen LogP contribution in [0.2, 0.25) is 0 Å². The summed E-state index contributed by atoms with van der Waals surface area (Å²) in [5, 5.41) is 12.5. The average Bonchev–Trinajstić information content (AvgIpc) is 2.29. The number of hydrogen-bond donors (Lipinski definition) is 3. The van der Waals surface area contributed by atoms with Gasteiger partial charge in [0.1, 0.15) is 0 Å². The molecule has 0 saturated carbocycles. The number of hydrogen-bond acceptors (Lipinski definition) is 3. The van der Waals surface area contributed by atoms with E-state index in [0.29, 0.717) is 6.54 Å². The van der Waals surface area contributed by atoms with E-state index in [1.165, 1.54) is 5.56 Å². The third-order valence-electron chi connectivity index (χ3n) is 2.42.